The van der Waals surface area contributed by atoms with Crippen LogP contribution < -0.4 is 10.6 Å². The summed E-state index contributed by atoms with van der Waals surface area (Å²) in [6.45, 7) is 1.89. The lowest BCUT2D eigenvalue weighted by molar-refractivity contribution is -0.137. The number of rotatable bonds is 3. The van der Waals surface area contributed by atoms with Crippen molar-refractivity contribution in [3.05, 3.63) is 63.4 Å². The fourth-order valence-electron chi connectivity index (χ4n) is 2.00. The third-order valence-corrected chi connectivity index (χ3v) is 4.29. The van der Waals surface area contributed by atoms with Gasteiger partial charge in [0.15, 0.2) is 5.11 Å². The first-order valence-electron chi connectivity index (χ1n) is 6.83. The van der Waals surface area contributed by atoms with Gasteiger partial charge in [-0.1, -0.05) is 15.9 Å². The van der Waals surface area contributed by atoms with E-state index >= 15 is 0 Å². The first-order chi connectivity index (χ1) is 11.1. The molecule has 128 valence electrons. The normalized spacial score (nSPS) is 11.2. The van der Waals surface area contributed by atoms with Crippen LogP contribution in [-0.2, 0) is 12.7 Å². The highest BCUT2D eigenvalue weighted by molar-refractivity contribution is 9.10. The molecule has 0 atom stereocenters. The van der Waals surface area contributed by atoms with E-state index in [9.17, 15) is 17.6 Å². The molecule has 0 amide bonds. The average Bonchev–Trinajstić information content (AvgIpc) is 2.47. The zero-order valence-corrected chi connectivity index (χ0v) is 14.9. The van der Waals surface area contributed by atoms with Gasteiger partial charge in [0.25, 0.3) is 0 Å². The lowest BCUT2D eigenvalue weighted by atomic mass is 10.1. The molecule has 2 N–H and O–H groups in total. The SMILES string of the molecule is Cc1cc(NC(=S)NCc2cc(F)cc(C(F)(F)F)c2)ccc1Br. The Morgan fingerprint density at radius 2 is 1.88 bits per heavy atom. The maximum Gasteiger partial charge on any atom is 0.416 e. The number of nitrogens with one attached hydrogen (secondary N) is 2. The molecule has 2 rings (SSSR count). The van der Waals surface area contributed by atoms with Gasteiger partial charge in [-0.05, 0) is 66.7 Å². The Bertz CT molecular complexity index is 762. The second-order valence-electron chi connectivity index (χ2n) is 5.12. The molecule has 0 unspecified atom stereocenters. The molecule has 0 bridgehead atoms. The standard InChI is InChI=1S/C16H13BrF4N2S/c1-9-4-13(2-3-14(9)17)23-15(24)22-8-10-5-11(16(19,20)21)7-12(18)6-10/h2-7H,8H2,1H3,(H2,22,23,24). The summed E-state index contributed by atoms with van der Waals surface area (Å²) in [6.07, 6.45) is -4.59. The molecular formula is C16H13BrF4N2S. The molecule has 2 aromatic rings. The molecule has 0 radical (unpaired) electrons. The van der Waals surface area contributed by atoms with Crippen LogP contribution in [0.4, 0.5) is 23.2 Å². The van der Waals surface area contributed by atoms with Gasteiger partial charge >= 0.3 is 6.18 Å². The van der Waals surface area contributed by atoms with Gasteiger partial charge in [-0.25, -0.2) is 4.39 Å². The minimum Gasteiger partial charge on any atom is -0.358 e. The summed E-state index contributed by atoms with van der Waals surface area (Å²) in [4.78, 5) is 0. The van der Waals surface area contributed by atoms with E-state index in [1.807, 2.05) is 19.1 Å². The van der Waals surface area contributed by atoms with E-state index < -0.39 is 17.6 Å². The smallest absolute Gasteiger partial charge is 0.358 e. The molecule has 0 aromatic heterocycles. The Kier molecular flexibility index (Phi) is 5.82. The zero-order valence-electron chi connectivity index (χ0n) is 12.5. The van der Waals surface area contributed by atoms with Crippen LogP contribution in [0.1, 0.15) is 16.7 Å². The van der Waals surface area contributed by atoms with E-state index in [-0.39, 0.29) is 17.2 Å². The van der Waals surface area contributed by atoms with Gasteiger partial charge in [0, 0.05) is 16.7 Å². The lowest BCUT2D eigenvalue weighted by Gasteiger charge is -2.13. The monoisotopic (exact) mass is 420 g/mol. The quantitative estimate of drug-likeness (QED) is 0.513. The fourth-order valence-corrected chi connectivity index (χ4v) is 2.43. The van der Waals surface area contributed by atoms with Crippen LogP contribution in [0, 0.1) is 12.7 Å². The van der Waals surface area contributed by atoms with Crippen LogP contribution in [0.15, 0.2) is 40.9 Å². The third-order valence-electron chi connectivity index (χ3n) is 3.15. The number of halogens is 5. The molecule has 2 nitrogen and oxygen atoms in total. The van der Waals surface area contributed by atoms with Crippen molar-refractivity contribution in [1.82, 2.24) is 5.32 Å². The van der Waals surface area contributed by atoms with Crippen molar-refractivity contribution in [1.29, 1.82) is 0 Å². The van der Waals surface area contributed by atoms with Crippen molar-refractivity contribution < 1.29 is 17.6 Å². The molecule has 0 aliphatic heterocycles. The Hall–Kier alpha value is -1.67. The zero-order chi connectivity index (χ0) is 17.9. The van der Waals surface area contributed by atoms with Crippen molar-refractivity contribution >= 4 is 38.9 Å². The van der Waals surface area contributed by atoms with Crippen molar-refractivity contribution in [3.63, 3.8) is 0 Å². The molecule has 0 spiro atoms. The van der Waals surface area contributed by atoms with Crippen LogP contribution in [0.3, 0.4) is 0 Å². The van der Waals surface area contributed by atoms with Crippen LogP contribution in [0.5, 0.6) is 0 Å². The maximum absolute atomic E-state index is 13.3. The topological polar surface area (TPSA) is 24.1 Å². The predicted molar refractivity (Wildman–Crippen MR) is 93.3 cm³/mol. The summed E-state index contributed by atoms with van der Waals surface area (Å²) < 4.78 is 52.3. The molecule has 24 heavy (non-hydrogen) atoms. The third kappa shape index (κ3) is 5.17. The van der Waals surface area contributed by atoms with E-state index in [0.717, 1.165) is 27.9 Å². The number of thiocarbonyl (C=S) groups is 1. The summed E-state index contributed by atoms with van der Waals surface area (Å²) in [5.41, 5.74) is 0.867. The largest absolute Gasteiger partial charge is 0.416 e. The summed E-state index contributed by atoms with van der Waals surface area (Å²) in [6, 6.07) is 7.90. The van der Waals surface area contributed by atoms with Crippen molar-refractivity contribution in [3.8, 4) is 0 Å². The van der Waals surface area contributed by atoms with Crippen molar-refractivity contribution in [2.75, 3.05) is 5.32 Å². The van der Waals surface area contributed by atoms with Crippen molar-refractivity contribution in [2.24, 2.45) is 0 Å². The van der Waals surface area contributed by atoms with Gasteiger partial charge in [-0.3, -0.25) is 0 Å². The summed E-state index contributed by atoms with van der Waals surface area (Å²) in [5, 5.41) is 5.92. The maximum atomic E-state index is 13.3. The highest BCUT2D eigenvalue weighted by atomic mass is 79.9. The van der Waals surface area contributed by atoms with E-state index in [0.29, 0.717) is 6.07 Å². The Labute approximate surface area is 150 Å². The molecule has 8 heteroatoms. The molecule has 2 aromatic carbocycles. The minimum atomic E-state index is -4.59. The first-order valence-corrected chi connectivity index (χ1v) is 8.03. The average molecular weight is 421 g/mol. The van der Waals surface area contributed by atoms with Crippen LogP contribution >= 0.6 is 28.1 Å². The van der Waals surface area contributed by atoms with E-state index in [4.69, 9.17) is 12.2 Å². The summed E-state index contributed by atoms with van der Waals surface area (Å²) >= 11 is 8.48. The number of anilines is 1. The highest BCUT2D eigenvalue weighted by Gasteiger charge is 2.31. The molecule has 0 saturated heterocycles. The lowest BCUT2D eigenvalue weighted by Crippen LogP contribution is -2.28. The number of hydrogen-bond acceptors (Lipinski definition) is 1. The van der Waals surface area contributed by atoms with Crippen LogP contribution in [-0.4, -0.2) is 5.11 Å². The van der Waals surface area contributed by atoms with Crippen molar-refractivity contribution in [2.45, 2.75) is 19.6 Å². The second kappa shape index (κ2) is 7.48. The Balaban J connectivity index is 2.01. The Morgan fingerprint density at radius 3 is 2.50 bits per heavy atom. The van der Waals surface area contributed by atoms with E-state index in [1.165, 1.54) is 0 Å². The summed E-state index contributed by atoms with van der Waals surface area (Å²) in [5.74, 6) is -0.941. The van der Waals surface area contributed by atoms with Gasteiger partial charge in [0.05, 0.1) is 5.56 Å². The van der Waals surface area contributed by atoms with Gasteiger partial charge in [-0.2, -0.15) is 13.2 Å². The molecule has 0 fully saturated rings. The predicted octanol–water partition coefficient (Wildman–Crippen LogP) is 5.40. The fraction of sp³-hybridized carbons (Fsp3) is 0.188. The van der Waals surface area contributed by atoms with Gasteiger partial charge in [-0.15, -0.1) is 0 Å². The number of hydrogen-bond donors (Lipinski definition) is 2. The summed E-state index contributed by atoms with van der Waals surface area (Å²) in [7, 11) is 0. The van der Waals surface area contributed by atoms with Crippen LogP contribution in [0.2, 0.25) is 0 Å². The minimum absolute atomic E-state index is 0.0256. The highest BCUT2D eigenvalue weighted by Crippen LogP contribution is 2.30. The van der Waals surface area contributed by atoms with Gasteiger partial charge in [0.1, 0.15) is 5.82 Å². The Morgan fingerprint density at radius 1 is 1.17 bits per heavy atom. The number of benzene rings is 2. The molecule has 0 aliphatic rings. The molecule has 0 saturated carbocycles. The van der Waals surface area contributed by atoms with Crippen LogP contribution in [0.25, 0.3) is 0 Å². The number of aryl methyl sites for hydroxylation is 1. The van der Waals surface area contributed by atoms with E-state index in [2.05, 4.69) is 26.6 Å². The van der Waals surface area contributed by atoms with Gasteiger partial charge < -0.3 is 10.6 Å². The first kappa shape index (κ1) is 18.7. The number of alkyl halides is 3. The molecule has 0 heterocycles. The second-order valence-corrected chi connectivity index (χ2v) is 6.38. The van der Waals surface area contributed by atoms with Gasteiger partial charge in [0.2, 0.25) is 0 Å². The van der Waals surface area contributed by atoms with E-state index in [1.54, 1.807) is 6.07 Å². The molecule has 0 aliphatic carbocycles. The molecular weight excluding hydrogens is 408 g/mol.